The lowest BCUT2D eigenvalue weighted by molar-refractivity contribution is 0.623. The Morgan fingerprint density at radius 1 is 1.14 bits per heavy atom. The van der Waals surface area contributed by atoms with Crippen LogP contribution in [-0.4, -0.2) is 9.78 Å². The zero-order chi connectivity index (χ0) is 15.2. The summed E-state index contributed by atoms with van der Waals surface area (Å²) in [6.45, 7) is 2.24. The molecule has 0 saturated heterocycles. The van der Waals surface area contributed by atoms with Crippen molar-refractivity contribution in [2.24, 2.45) is 7.05 Å². The highest BCUT2D eigenvalue weighted by Crippen LogP contribution is 2.35. The first kappa shape index (κ1) is 16.1. The fourth-order valence-electron chi connectivity index (χ4n) is 2.62. The van der Waals surface area contributed by atoms with E-state index in [1.54, 1.807) is 4.68 Å². The summed E-state index contributed by atoms with van der Waals surface area (Å²) >= 11 is 3.62. The van der Waals surface area contributed by atoms with E-state index in [9.17, 15) is 0 Å². The summed E-state index contributed by atoms with van der Waals surface area (Å²) in [6.07, 6.45) is 7.34. The highest BCUT2D eigenvalue weighted by Gasteiger charge is 2.17. The molecule has 3 nitrogen and oxygen atoms in total. The van der Waals surface area contributed by atoms with Gasteiger partial charge in [0.25, 0.3) is 0 Å². The Morgan fingerprint density at radius 2 is 1.86 bits per heavy atom. The number of nitrogens with two attached hydrogens (primary N) is 1. The van der Waals surface area contributed by atoms with Gasteiger partial charge in [-0.15, -0.1) is 0 Å². The molecule has 0 radical (unpaired) electrons. The second-order valence-electron chi connectivity index (χ2n) is 5.47. The molecular weight excluding hydrogens is 326 g/mol. The van der Waals surface area contributed by atoms with Crippen molar-refractivity contribution in [3.05, 3.63) is 34.4 Å². The fraction of sp³-hybridized carbons (Fsp3) is 0.471. The zero-order valence-electron chi connectivity index (χ0n) is 12.9. The molecule has 0 amide bonds. The largest absolute Gasteiger partial charge is 0.383 e. The van der Waals surface area contributed by atoms with E-state index in [0.29, 0.717) is 0 Å². The van der Waals surface area contributed by atoms with Crippen molar-refractivity contribution in [2.45, 2.75) is 45.4 Å². The third-order valence-electron chi connectivity index (χ3n) is 3.82. The number of halogens is 1. The van der Waals surface area contributed by atoms with Gasteiger partial charge in [0.1, 0.15) is 5.82 Å². The number of nitrogen functional groups attached to an aromatic ring is 1. The summed E-state index contributed by atoms with van der Waals surface area (Å²) in [5, 5.41) is 4.62. The summed E-state index contributed by atoms with van der Waals surface area (Å²) < 4.78 is 2.85. The average molecular weight is 350 g/mol. The molecule has 2 aromatic rings. The van der Waals surface area contributed by atoms with Gasteiger partial charge in [0.05, 0.1) is 5.69 Å². The van der Waals surface area contributed by atoms with Crippen LogP contribution in [0.25, 0.3) is 11.1 Å². The van der Waals surface area contributed by atoms with E-state index in [0.717, 1.165) is 33.5 Å². The van der Waals surface area contributed by atoms with Crippen molar-refractivity contribution < 1.29 is 0 Å². The summed E-state index contributed by atoms with van der Waals surface area (Å²) in [5.41, 5.74) is 9.56. The third kappa shape index (κ3) is 3.88. The maximum Gasteiger partial charge on any atom is 0.129 e. The molecule has 0 aliphatic heterocycles. The van der Waals surface area contributed by atoms with Crippen LogP contribution in [0.1, 0.15) is 44.7 Å². The molecular formula is C17H24BrN3. The molecule has 0 aliphatic carbocycles. The first-order valence-corrected chi connectivity index (χ1v) is 8.50. The Morgan fingerprint density at radius 3 is 2.57 bits per heavy atom. The molecule has 1 aromatic heterocycles. The summed E-state index contributed by atoms with van der Waals surface area (Å²) in [7, 11) is 1.91. The Labute approximate surface area is 135 Å². The number of nitrogens with zero attached hydrogens (tertiary/aromatic N) is 2. The molecule has 1 heterocycles. The summed E-state index contributed by atoms with van der Waals surface area (Å²) in [4.78, 5) is 0. The Hall–Kier alpha value is -1.29. The maximum absolute atomic E-state index is 6.24. The monoisotopic (exact) mass is 349 g/mol. The van der Waals surface area contributed by atoms with Crippen LogP contribution in [0.4, 0.5) is 5.82 Å². The van der Waals surface area contributed by atoms with Crippen molar-refractivity contribution >= 4 is 21.7 Å². The van der Waals surface area contributed by atoms with Gasteiger partial charge >= 0.3 is 0 Å². The normalized spacial score (nSPS) is 11.0. The van der Waals surface area contributed by atoms with Crippen molar-refractivity contribution in [3.63, 3.8) is 0 Å². The number of benzene rings is 1. The lowest BCUT2D eigenvalue weighted by Gasteiger charge is -2.06. The van der Waals surface area contributed by atoms with Crippen LogP contribution in [0.5, 0.6) is 0 Å². The molecule has 0 unspecified atom stereocenters. The molecule has 0 atom stereocenters. The van der Waals surface area contributed by atoms with E-state index in [1.807, 2.05) is 25.2 Å². The third-order valence-corrected chi connectivity index (χ3v) is 4.52. The topological polar surface area (TPSA) is 43.8 Å². The average Bonchev–Trinajstić information content (AvgIpc) is 2.75. The number of hydrogen-bond acceptors (Lipinski definition) is 2. The maximum atomic E-state index is 6.24. The predicted molar refractivity (Wildman–Crippen MR) is 93.2 cm³/mol. The minimum Gasteiger partial charge on any atom is -0.383 e. The highest BCUT2D eigenvalue weighted by molar-refractivity contribution is 9.10. The number of rotatable bonds is 7. The van der Waals surface area contributed by atoms with Crippen molar-refractivity contribution in [3.8, 4) is 11.1 Å². The van der Waals surface area contributed by atoms with E-state index < -0.39 is 0 Å². The molecule has 2 N–H and O–H groups in total. The fourth-order valence-corrected chi connectivity index (χ4v) is 3.11. The lowest BCUT2D eigenvalue weighted by atomic mass is 10.0. The molecule has 1 aromatic carbocycles. The smallest absolute Gasteiger partial charge is 0.129 e. The van der Waals surface area contributed by atoms with Gasteiger partial charge < -0.3 is 5.73 Å². The Balaban J connectivity index is 2.19. The van der Waals surface area contributed by atoms with Crippen LogP contribution in [0.2, 0.25) is 0 Å². The van der Waals surface area contributed by atoms with Gasteiger partial charge in [-0.3, -0.25) is 4.68 Å². The summed E-state index contributed by atoms with van der Waals surface area (Å²) in [5.74, 6) is 0.741. The lowest BCUT2D eigenvalue weighted by Crippen LogP contribution is -1.98. The standard InChI is InChI=1S/C17H24BrN3/c1-3-4-5-6-7-12-15-16(17(19)21(2)20-15)13-10-8-9-11-14(13)18/h8-11H,3-7,12,19H2,1-2H3. The van der Waals surface area contributed by atoms with E-state index in [1.165, 1.54) is 32.1 Å². The van der Waals surface area contributed by atoms with Crippen LogP contribution >= 0.6 is 15.9 Å². The number of unbranched alkanes of at least 4 members (excludes halogenated alkanes) is 4. The van der Waals surface area contributed by atoms with Crippen LogP contribution in [0.3, 0.4) is 0 Å². The van der Waals surface area contributed by atoms with Gasteiger partial charge in [0.15, 0.2) is 0 Å². The minimum atomic E-state index is 0.741. The molecule has 0 saturated carbocycles. The molecule has 114 valence electrons. The van der Waals surface area contributed by atoms with E-state index in [4.69, 9.17) is 5.73 Å². The van der Waals surface area contributed by atoms with Crippen molar-refractivity contribution in [1.29, 1.82) is 0 Å². The molecule has 0 spiro atoms. The Bertz CT molecular complexity index is 590. The minimum absolute atomic E-state index is 0.741. The summed E-state index contributed by atoms with van der Waals surface area (Å²) in [6, 6.07) is 8.20. The van der Waals surface area contributed by atoms with E-state index in [-0.39, 0.29) is 0 Å². The quantitative estimate of drug-likeness (QED) is 0.719. The molecule has 21 heavy (non-hydrogen) atoms. The van der Waals surface area contributed by atoms with Crippen molar-refractivity contribution in [2.75, 3.05) is 5.73 Å². The number of aromatic nitrogens is 2. The van der Waals surface area contributed by atoms with Gasteiger partial charge in [-0.25, -0.2) is 0 Å². The Kier molecular flexibility index (Phi) is 5.85. The molecule has 2 rings (SSSR count). The van der Waals surface area contributed by atoms with Gasteiger partial charge in [-0.2, -0.15) is 5.10 Å². The van der Waals surface area contributed by atoms with Crippen LogP contribution in [0, 0.1) is 0 Å². The van der Waals surface area contributed by atoms with E-state index in [2.05, 4.69) is 34.0 Å². The van der Waals surface area contributed by atoms with Gasteiger partial charge in [0.2, 0.25) is 0 Å². The van der Waals surface area contributed by atoms with Crippen LogP contribution in [-0.2, 0) is 13.5 Å². The zero-order valence-corrected chi connectivity index (χ0v) is 14.5. The van der Waals surface area contributed by atoms with Crippen LogP contribution in [0.15, 0.2) is 28.7 Å². The van der Waals surface area contributed by atoms with Crippen LogP contribution < -0.4 is 5.73 Å². The van der Waals surface area contributed by atoms with Gasteiger partial charge in [0, 0.05) is 22.6 Å². The number of aryl methyl sites for hydroxylation is 2. The second-order valence-corrected chi connectivity index (χ2v) is 6.33. The SMILES string of the molecule is CCCCCCCc1nn(C)c(N)c1-c1ccccc1Br. The van der Waals surface area contributed by atoms with Crippen molar-refractivity contribution in [1.82, 2.24) is 9.78 Å². The molecule has 4 heteroatoms. The molecule has 0 bridgehead atoms. The van der Waals surface area contributed by atoms with Gasteiger partial charge in [-0.1, -0.05) is 66.7 Å². The second kappa shape index (κ2) is 7.64. The number of hydrogen-bond donors (Lipinski definition) is 1. The highest BCUT2D eigenvalue weighted by atomic mass is 79.9. The predicted octanol–water partition coefficient (Wildman–Crippen LogP) is 4.94. The van der Waals surface area contributed by atoms with E-state index >= 15 is 0 Å². The first-order valence-electron chi connectivity index (χ1n) is 7.71. The van der Waals surface area contributed by atoms with Gasteiger partial charge in [-0.05, 0) is 18.9 Å². The molecule has 0 fully saturated rings. The number of anilines is 1. The first-order chi connectivity index (χ1) is 10.1. The molecule has 0 aliphatic rings.